The number of piperidine rings is 1. The highest BCUT2D eigenvalue weighted by Gasteiger charge is 2.31. The number of hydrogen-bond donors (Lipinski definition) is 2. The van der Waals surface area contributed by atoms with E-state index in [-0.39, 0.29) is 18.3 Å². The molecule has 0 bridgehead atoms. The van der Waals surface area contributed by atoms with Gasteiger partial charge in [-0.2, -0.15) is 0 Å². The molecule has 0 aliphatic carbocycles. The van der Waals surface area contributed by atoms with Gasteiger partial charge in [-0.25, -0.2) is 0 Å². The molecule has 37 heavy (non-hydrogen) atoms. The molecule has 1 aliphatic heterocycles. The number of carboxylic acid groups (broad SMARTS) is 1. The molecule has 0 radical (unpaired) electrons. The van der Waals surface area contributed by atoms with Crippen molar-refractivity contribution < 1.29 is 24.5 Å². The Kier molecular flexibility index (Phi) is 9.66. The van der Waals surface area contributed by atoms with Crippen LogP contribution in [0.5, 0.6) is 11.5 Å². The van der Waals surface area contributed by atoms with Gasteiger partial charge < -0.3 is 24.6 Å². The number of aliphatic carboxylic acids is 1. The quantitative estimate of drug-likeness (QED) is 0.310. The van der Waals surface area contributed by atoms with Crippen molar-refractivity contribution in [2.45, 2.75) is 36.7 Å². The summed E-state index contributed by atoms with van der Waals surface area (Å²) < 4.78 is 10.8. The maximum Gasteiger partial charge on any atom is 0.303 e. The smallest absolute Gasteiger partial charge is 0.303 e. The zero-order valence-corrected chi connectivity index (χ0v) is 22.3. The summed E-state index contributed by atoms with van der Waals surface area (Å²) in [7, 11) is 3.31. The molecular formula is C29H36N2O5S. The number of carboxylic acids is 1. The molecule has 2 heterocycles. The van der Waals surface area contributed by atoms with Crippen LogP contribution in [0, 0.1) is 11.8 Å². The van der Waals surface area contributed by atoms with E-state index in [2.05, 4.69) is 16.0 Å². The first-order valence-corrected chi connectivity index (χ1v) is 13.8. The minimum absolute atomic E-state index is 0.0731. The Balaban J connectivity index is 1.35. The largest absolute Gasteiger partial charge is 0.497 e. The topological polar surface area (TPSA) is 92.1 Å². The van der Waals surface area contributed by atoms with E-state index in [1.165, 1.54) is 0 Å². The lowest BCUT2D eigenvalue weighted by molar-refractivity contribution is -0.139. The molecule has 2 N–H and O–H groups in total. The number of para-hydroxylation sites is 1. The highest BCUT2D eigenvalue weighted by molar-refractivity contribution is 7.99. The number of aromatic nitrogens is 1. The number of carbonyl (C=O) groups is 1. The van der Waals surface area contributed by atoms with E-state index in [0.29, 0.717) is 6.42 Å². The van der Waals surface area contributed by atoms with E-state index >= 15 is 0 Å². The van der Waals surface area contributed by atoms with Gasteiger partial charge in [0.05, 0.1) is 25.8 Å². The van der Waals surface area contributed by atoms with Gasteiger partial charge in [0.25, 0.3) is 0 Å². The average Bonchev–Trinajstić information content (AvgIpc) is 2.91. The normalized spacial score (nSPS) is 19.0. The summed E-state index contributed by atoms with van der Waals surface area (Å²) in [6, 6.07) is 15.6. The number of ether oxygens (including phenoxy) is 2. The third-order valence-corrected chi connectivity index (χ3v) is 8.33. The van der Waals surface area contributed by atoms with Gasteiger partial charge in [-0.1, -0.05) is 12.1 Å². The number of pyridine rings is 1. The highest BCUT2D eigenvalue weighted by atomic mass is 32.2. The Morgan fingerprint density at radius 2 is 2.00 bits per heavy atom. The van der Waals surface area contributed by atoms with Gasteiger partial charge in [0.15, 0.2) is 0 Å². The third kappa shape index (κ3) is 7.15. The minimum atomic E-state index is -0.756. The van der Waals surface area contributed by atoms with Gasteiger partial charge in [0.1, 0.15) is 11.5 Å². The summed E-state index contributed by atoms with van der Waals surface area (Å²) in [5, 5.41) is 21.6. The molecule has 1 fully saturated rings. The lowest BCUT2D eigenvalue weighted by Gasteiger charge is -2.38. The standard InChI is InChI=1S/C29H36N2O5S/c1-35-22-8-9-25-24(18-22)23(11-13-30-25)26(32)10-7-20-12-14-31(19-21(20)17-29(33)34)15-16-37-28-6-4-3-5-27(28)36-2/h3-6,8-9,11,13,18,20-21,26,32H,7,10,12,14-17,19H2,1-2H3,(H,33,34)/t20-,21+,26?/m1/s1. The molecular weight excluding hydrogens is 488 g/mol. The maximum atomic E-state index is 11.7. The lowest BCUT2D eigenvalue weighted by atomic mass is 9.79. The number of hydrogen-bond acceptors (Lipinski definition) is 7. The van der Waals surface area contributed by atoms with Crippen molar-refractivity contribution in [3.05, 3.63) is 60.3 Å². The number of nitrogens with zero attached hydrogens (tertiary/aromatic N) is 2. The van der Waals surface area contributed by atoms with Crippen LogP contribution < -0.4 is 9.47 Å². The summed E-state index contributed by atoms with van der Waals surface area (Å²) in [6.45, 7) is 2.62. The van der Waals surface area contributed by atoms with Crippen LogP contribution in [0.4, 0.5) is 0 Å². The molecule has 8 heteroatoms. The summed E-state index contributed by atoms with van der Waals surface area (Å²) in [5.41, 5.74) is 1.66. The zero-order valence-electron chi connectivity index (χ0n) is 21.5. The van der Waals surface area contributed by atoms with E-state index in [0.717, 1.165) is 71.1 Å². The van der Waals surface area contributed by atoms with Gasteiger partial charge in [-0.15, -0.1) is 11.8 Å². The minimum Gasteiger partial charge on any atom is -0.497 e. The Labute approximate surface area is 222 Å². The molecule has 4 rings (SSSR count). The van der Waals surface area contributed by atoms with E-state index in [1.54, 1.807) is 32.2 Å². The number of aliphatic hydroxyl groups is 1. The zero-order chi connectivity index (χ0) is 26.2. The van der Waals surface area contributed by atoms with Crippen molar-refractivity contribution in [3.8, 4) is 11.5 Å². The molecule has 7 nitrogen and oxygen atoms in total. The predicted octanol–water partition coefficient (Wildman–Crippen LogP) is 5.27. The van der Waals surface area contributed by atoms with E-state index < -0.39 is 12.1 Å². The Morgan fingerprint density at radius 3 is 2.78 bits per heavy atom. The fraction of sp³-hybridized carbons (Fsp3) is 0.448. The molecule has 1 saturated heterocycles. The van der Waals surface area contributed by atoms with Gasteiger partial charge >= 0.3 is 5.97 Å². The van der Waals surface area contributed by atoms with Crippen molar-refractivity contribution in [1.29, 1.82) is 0 Å². The van der Waals surface area contributed by atoms with Gasteiger partial charge in [-0.05, 0) is 79.6 Å². The number of fused-ring (bicyclic) bond motifs is 1. The van der Waals surface area contributed by atoms with Crippen molar-refractivity contribution in [1.82, 2.24) is 9.88 Å². The fourth-order valence-electron chi connectivity index (χ4n) is 5.31. The SMILES string of the molecule is COc1ccc2nccc(C(O)CC[C@@H]3CCN(CCSc4ccccc4OC)C[C@@H]3CC(=O)O)c2c1. The molecule has 2 aromatic carbocycles. The van der Waals surface area contributed by atoms with Crippen LogP contribution in [0.2, 0.25) is 0 Å². The van der Waals surface area contributed by atoms with Crippen molar-refractivity contribution >= 4 is 28.6 Å². The first-order valence-electron chi connectivity index (χ1n) is 12.8. The van der Waals surface area contributed by atoms with Gasteiger partial charge in [-0.3, -0.25) is 9.78 Å². The van der Waals surface area contributed by atoms with Crippen LogP contribution >= 0.6 is 11.8 Å². The highest BCUT2D eigenvalue weighted by Crippen LogP contribution is 2.35. The second-order valence-corrected chi connectivity index (χ2v) is 10.7. The number of likely N-dealkylation sites (tertiary alicyclic amines) is 1. The maximum absolute atomic E-state index is 11.7. The summed E-state index contributed by atoms with van der Waals surface area (Å²) in [4.78, 5) is 19.6. The molecule has 1 unspecified atom stereocenters. The predicted molar refractivity (Wildman–Crippen MR) is 146 cm³/mol. The van der Waals surface area contributed by atoms with Crippen molar-refractivity contribution in [2.24, 2.45) is 11.8 Å². The molecule has 1 aromatic heterocycles. The van der Waals surface area contributed by atoms with E-state index in [4.69, 9.17) is 9.47 Å². The summed E-state index contributed by atoms with van der Waals surface area (Å²) >= 11 is 1.77. The van der Waals surface area contributed by atoms with E-state index in [1.807, 2.05) is 42.5 Å². The Bertz CT molecular complexity index is 1190. The summed E-state index contributed by atoms with van der Waals surface area (Å²) in [5.74, 6) is 2.12. The second-order valence-electron chi connectivity index (χ2n) is 9.58. The molecule has 0 amide bonds. The third-order valence-electron chi connectivity index (χ3n) is 7.30. The van der Waals surface area contributed by atoms with E-state index in [9.17, 15) is 15.0 Å². The van der Waals surface area contributed by atoms with Crippen LogP contribution in [0.15, 0.2) is 59.6 Å². The molecule has 3 aromatic rings. The number of benzene rings is 2. The first kappa shape index (κ1) is 27.2. The van der Waals surface area contributed by atoms with Gasteiger partial charge in [0, 0.05) is 41.7 Å². The van der Waals surface area contributed by atoms with Crippen LogP contribution in [-0.2, 0) is 4.79 Å². The van der Waals surface area contributed by atoms with Crippen LogP contribution in [0.3, 0.4) is 0 Å². The van der Waals surface area contributed by atoms with Crippen molar-refractivity contribution in [2.75, 3.05) is 39.6 Å². The van der Waals surface area contributed by atoms with Crippen LogP contribution in [0.1, 0.15) is 37.4 Å². The van der Waals surface area contributed by atoms with Gasteiger partial charge in [0.2, 0.25) is 0 Å². The first-order chi connectivity index (χ1) is 18.0. The number of methoxy groups -OCH3 is 2. The monoisotopic (exact) mass is 524 g/mol. The second kappa shape index (κ2) is 13.1. The Morgan fingerprint density at radius 1 is 1.16 bits per heavy atom. The average molecular weight is 525 g/mol. The number of rotatable bonds is 12. The summed E-state index contributed by atoms with van der Waals surface area (Å²) in [6.07, 6.45) is 3.55. The fourth-order valence-corrected chi connectivity index (χ4v) is 6.35. The van der Waals surface area contributed by atoms with Crippen LogP contribution in [0.25, 0.3) is 10.9 Å². The Hall–Kier alpha value is -2.81. The molecule has 3 atom stereocenters. The molecule has 0 saturated carbocycles. The van der Waals surface area contributed by atoms with Crippen LogP contribution in [-0.4, -0.2) is 65.7 Å². The molecule has 0 spiro atoms. The number of thioether (sulfide) groups is 1. The lowest BCUT2D eigenvalue weighted by Crippen LogP contribution is -2.42. The molecule has 1 aliphatic rings. The van der Waals surface area contributed by atoms with Crippen molar-refractivity contribution in [3.63, 3.8) is 0 Å². The number of aliphatic hydroxyl groups excluding tert-OH is 1. The molecule has 198 valence electrons.